The molecule has 0 saturated carbocycles. The molecule has 1 heterocycles. The Morgan fingerprint density at radius 1 is 1.21 bits per heavy atom. The van der Waals surface area contributed by atoms with E-state index in [2.05, 4.69) is 5.32 Å². The fourth-order valence-electron chi connectivity index (χ4n) is 2.66. The van der Waals surface area contributed by atoms with E-state index in [0.717, 1.165) is 0 Å². The van der Waals surface area contributed by atoms with Crippen molar-refractivity contribution in [2.75, 3.05) is 30.5 Å². The molecule has 1 aliphatic heterocycles. The van der Waals surface area contributed by atoms with Crippen LogP contribution in [0, 0.1) is 0 Å². The van der Waals surface area contributed by atoms with Crippen molar-refractivity contribution < 1.29 is 19.1 Å². The van der Waals surface area contributed by atoms with Gasteiger partial charge in [-0.05, 0) is 24.3 Å². The third-order valence-corrected chi connectivity index (χ3v) is 3.81. The maximum atomic E-state index is 12.4. The summed E-state index contributed by atoms with van der Waals surface area (Å²) in [5.74, 6) is 0.776. The van der Waals surface area contributed by atoms with Crippen LogP contribution in [0.1, 0.15) is 17.3 Å². The number of nitrogens with zero attached hydrogens (tertiary/aromatic N) is 1. The lowest BCUT2D eigenvalue weighted by molar-refractivity contribution is -0.116. The normalized spacial score (nSPS) is 12.8. The number of amides is 2. The SMILES string of the molecule is COc1ccccc1C(=O)Nc1ccc2c(c1)OCCN2C(C)=O. The van der Waals surface area contributed by atoms with E-state index in [1.54, 1.807) is 47.4 Å². The van der Waals surface area contributed by atoms with E-state index in [0.29, 0.717) is 41.6 Å². The minimum atomic E-state index is -0.272. The molecule has 0 aromatic heterocycles. The zero-order valence-electron chi connectivity index (χ0n) is 13.5. The molecular weight excluding hydrogens is 308 g/mol. The summed E-state index contributed by atoms with van der Waals surface area (Å²) < 4.78 is 10.8. The number of hydrogen-bond acceptors (Lipinski definition) is 4. The van der Waals surface area contributed by atoms with Crippen LogP contribution in [-0.4, -0.2) is 32.1 Å². The van der Waals surface area contributed by atoms with Crippen LogP contribution in [0.5, 0.6) is 11.5 Å². The molecule has 3 rings (SSSR count). The molecule has 2 aromatic rings. The summed E-state index contributed by atoms with van der Waals surface area (Å²) in [5.41, 5.74) is 1.75. The fraction of sp³-hybridized carbons (Fsp3) is 0.222. The fourth-order valence-corrected chi connectivity index (χ4v) is 2.66. The van der Waals surface area contributed by atoms with Crippen LogP contribution >= 0.6 is 0 Å². The second-order valence-electron chi connectivity index (χ2n) is 5.36. The Balaban J connectivity index is 1.84. The average molecular weight is 326 g/mol. The molecule has 24 heavy (non-hydrogen) atoms. The van der Waals surface area contributed by atoms with Gasteiger partial charge in [-0.15, -0.1) is 0 Å². The van der Waals surface area contributed by atoms with Gasteiger partial charge >= 0.3 is 0 Å². The second-order valence-corrected chi connectivity index (χ2v) is 5.36. The zero-order chi connectivity index (χ0) is 17.1. The Morgan fingerprint density at radius 2 is 2.00 bits per heavy atom. The molecule has 0 saturated heterocycles. The molecule has 0 fully saturated rings. The highest BCUT2D eigenvalue weighted by molar-refractivity contribution is 6.06. The molecule has 0 radical (unpaired) electrons. The van der Waals surface area contributed by atoms with Gasteiger partial charge in [0.25, 0.3) is 5.91 Å². The second kappa shape index (κ2) is 6.62. The first-order valence-corrected chi connectivity index (χ1v) is 7.59. The van der Waals surface area contributed by atoms with Gasteiger partial charge in [0.15, 0.2) is 0 Å². The first-order valence-electron chi connectivity index (χ1n) is 7.59. The standard InChI is InChI=1S/C18H18N2O4/c1-12(21)20-9-10-24-17-11-13(7-8-15(17)20)19-18(22)14-5-3-4-6-16(14)23-2/h3-8,11H,9-10H2,1-2H3,(H,19,22). The van der Waals surface area contributed by atoms with Crippen molar-refractivity contribution in [3.05, 3.63) is 48.0 Å². The number of fused-ring (bicyclic) bond motifs is 1. The molecule has 2 aromatic carbocycles. The van der Waals surface area contributed by atoms with Gasteiger partial charge in [0.1, 0.15) is 18.1 Å². The van der Waals surface area contributed by atoms with Crippen LogP contribution < -0.4 is 19.7 Å². The quantitative estimate of drug-likeness (QED) is 0.941. The van der Waals surface area contributed by atoms with Gasteiger partial charge in [-0.3, -0.25) is 9.59 Å². The molecule has 0 unspecified atom stereocenters. The molecule has 0 atom stereocenters. The van der Waals surface area contributed by atoms with Crippen LogP contribution in [-0.2, 0) is 4.79 Å². The molecule has 0 bridgehead atoms. The number of para-hydroxylation sites is 1. The van der Waals surface area contributed by atoms with Gasteiger partial charge in [0.05, 0.1) is 24.9 Å². The number of hydrogen-bond donors (Lipinski definition) is 1. The largest absolute Gasteiger partial charge is 0.496 e. The van der Waals surface area contributed by atoms with E-state index in [9.17, 15) is 9.59 Å². The van der Waals surface area contributed by atoms with Gasteiger partial charge in [-0.1, -0.05) is 12.1 Å². The third-order valence-electron chi connectivity index (χ3n) is 3.81. The minimum absolute atomic E-state index is 0.0367. The van der Waals surface area contributed by atoms with E-state index in [4.69, 9.17) is 9.47 Å². The Labute approximate surface area is 140 Å². The van der Waals surface area contributed by atoms with Crippen molar-refractivity contribution in [1.82, 2.24) is 0 Å². The molecule has 1 aliphatic rings. The van der Waals surface area contributed by atoms with Crippen LogP contribution in [0.3, 0.4) is 0 Å². The van der Waals surface area contributed by atoms with E-state index in [1.165, 1.54) is 14.0 Å². The van der Waals surface area contributed by atoms with Crippen molar-refractivity contribution in [1.29, 1.82) is 0 Å². The number of anilines is 2. The number of carbonyl (C=O) groups excluding carboxylic acids is 2. The van der Waals surface area contributed by atoms with Crippen molar-refractivity contribution in [3.63, 3.8) is 0 Å². The maximum Gasteiger partial charge on any atom is 0.259 e. The van der Waals surface area contributed by atoms with Crippen LogP contribution in [0.2, 0.25) is 0 Å². The molecule has 2 amide bonds. The predicted octanol–water partition coefficient (Wildman–Crippen LogP) is 2.69. The summed E-state index contributed by atoms with van der Waals surface area (Å²) in [5, 5.41) is 2.82. The molecule has 0 spiro atoms. The molecule has 0 aliphatic carbocycles. The lowest BCUT2D eigenvalue weighted by Crippen LogP contribution is -2.36. The summed E-state index contributed by atoms with van der Waals surface area (Å²) in [4.78, 5) is 25.8. The lowest BCUT2D eigenvalue weighted by atomic mass is 10.1. The van der Waals surface area contributed by atoms with Gasteiger partial charge in [-0.2, -0.15) is 0 Å². The van der Waals surface area contributed by atoms with E-state index in [1.807, 2.05) is 0 Å². The summed E-state index contributed by atoms with van der Waals surface area (Å²) in [6.07, 6.45) is 0. The number of methoxy groups -OCH3 is 1. The number of benzene rings is 2. The van der Waals surface area contributed by atoms with Gasteiger partial charge in [-0.25, -0.2) is 0 Å². The maximum absolute atomic E-state index is 12.4. The first-order chi connectivity index (χ1) is 11.6. The average Bonchev–Trinajstić information content (AvgIpc) is 2.60. The number of ether oxygens (including phenoxy) is 2. The summed E-state index contributed by atoms with van der Waals surface area (Å²) in [6, 6.07) is 12.2. The van der Waals surface area contributed by atoms with E-state index < -0.39 is 0 Å². The number of carbonyl (C=O) groups is 2. The van der Waals surface area contributed by atoms with Crippen molar-refractivity contribution in [2.24, 2.45) is 0 Å². The van der Waals surface area contributed by atoms with E-state index >= 15 is 0 Å². The molecule has 1 N–H and O–H groups in total. The molecular formula is C18H18N2O4. The monoisotopic (exact) mass is 326 g/mol. The summed E-state index contributed by atoms with van der Waals surface area (Å²) in [7, 11) is 1.52. The highest BCUT2D eigenvalue weighted by Gasteiger charge is 2.22. The molecule has 6 heteroatoms. The zero-order valence-corrected chi connectivity index (χ0v) is 13.5. The smallest absolute Gasteiger partial charge is 0.259 e. The first kappa shape index (κ1) is 15.9. The predicted molar refractivity (Wildman–Crippen MR) is 90.9 cm³/mol. The highest BCUT2D eigenvalue weighted by atomic mass is 16.5. The molecule has 124 valence electrons. The lowest BCUT2D eigenvalue weighted by Gasteiger charge is -2.29. The van der Waals surface area contributed by atoms with Crippen molar-refractivity contribution in [3.8, 4) is 11.5 Å². The summed E-state index contributed by atoms with van der Waals surface area (Å²) in [6.45, 7) is 2.47. The number of nitrogens with one attached hydrogen (secondary N) is 1. The Kier molecular flexibility index (Phi) is 4.37. The third kappa shape index (κ3) is 3.03. The summed E-state index contributed by atoms with van der Waals surface area (Å²) >= 11 is 0. The Bertz CT molecular complexity index is 788. The minimum Gasteiger partial charge on any atom is -0.496 e. The van der Waals surface area contributed by atoms with Crippen LogP contribution in [0.15, 0.2) is 42.5 Å². The molecule has 6 nitrogen and oxygen atoms in total. The Hall–Kier alpha value is -3.02. The van der Waals surface area contributed by atoms with Gasteiger partial charge < -0.3 is 19.7 Å². The number of rotatable bonds is 3. The van der Waals surface area contributed by atoms with Gasteiger partial charge in [0.2, 0.25) is 5.91 Å². The van der Waals surface area contributed by atoms with Crippen molar-refractivity contribution in [2.45, 2.75) is 6.92 Å². The van der Waals surface area contributed by atoms with E-state index in [-0.39, 0.29) is 11.8 Å². The van der Waals surface area contributed by atoms with Crippen LogP contribution in [0.25, 0.3) is 0 Å². The Morgan fingerprint density at radius 3 is 2.75 bits per heavy atom. The van der Waals surface area contributed by atoms with Crippen molar-refractivity contribution >= 4 is 23.2 Å². The van der Waals surface area contributed by atoms with Gasteiger partial charge in [0, 0.05) is 18.7 Å². The topological polar surface area (TPSA) is 67.9 Å². The highest BCUT2D eigenvalue weighted by Crippen LogP contribution is 2.34. The van der Waals surface area contributed by atoms with Crippen LogP contribution in [0.4, 0.5) is 11.4 Å².